The van der Waals surface area contributed by atoms with Crippen LogP contribution in [0.4, 0.5) is 5.95 Å². The third-order valence-corrected chi connectivity index (χ3v) is 3.46. The van der Waals surface area contributed by atoms with Crippen molar-refractivity contribution in [3.63, 3.8) is 0 Å². The van der Waals surface area contributed by atoms with Crippen LogP contribution in [0.1, 0.15) is 25.5 Å². The summed E-state index contributed by atoms with van der Waals surface area (Å²) in [6, 6.07) is 6.89. The molecule has 0 aliphatic heterocycles. The normalized spacial score (nSPS) is 12.1. The van der Waals surface area contributed by atoms with E-state index in [1.807, 2.05) is 13.0 Å². The zero-order valence-electron chi connectivity index (χ0n) is 11.8. The number of rotatable bonds is 3. The molecule has 6 nitrogen and oxygen atoms in total. The molecule has 0 spiro atoms. The highest BCUT2D eigenvalue weighted by Gasteiger charge is 2.23. The Morgan fingerprint density at radius 2 is 2.30 bits per heavy atom. The summed E-state index contributed by atoms with van der Waals surface area (Å²) in [4.78, 5) is 18.1. The van der Waals surface area contributed by atoms with E-state index in [0.717, 1.165) is 0 Å². The summed E-state index contributed by atoms with van der Waals surface area (Å²) in [6.07, 6.45) is 0. The lowest BCUT2D eigenvalue weighted by Gasteiger charge is -2.21. The van der Waals surface area contributed by atoms with Crippen molar-refractivity contribution in [3.8, 4) is 6.07 Å². The van der Waals surface area contributed by atoms with Crippen LogP contribution in [0.25, 0.3) is 11.0 Å². The van der Waals surface area contributed by atoms with Gasteiger partial charge in [0, 0.05) is 13.6 Å². The Bertz CT molecular complexity index is 697. The Morgan fingerprint density at radius 3 is 2.90 bits per heavy atom. The lowest BCUT2D eigenvalue weighted by atomic mass is 10.2. The first-order valence-electron chi connectivity index (χ1n) is 6.42. The van der Waals surface area contributed by atoms with Crippen LogP contribution in [0.3, 0.4) is 0 Å². The molecule has 1 heterocycles. The summed E-state index contributed by atoms with van der Waals surface area (Å²) >= 11 is 0. The Labute approximate surface area is 117 Å². The van der Waals surface area contributed by atoms with Gasteiger partial charge in [-0.15, -0.1) is 0 Å². The largest absolute Gasteiger partial charge is 0.369 e. The van der Waals surface area contributed by atoms with Crippen LogP contribution in [0.15, 0.2) is 18.2 Å². The number of anilines is 1. The van der Waals surface area contributed by atoms with Gasteiger partial charge in [-0.25, -0.2) is 4.98 Å². The lowest BCUT2D eigenvalue weighted by Crippen LogP contribution is -2.33. The van der Waals surface area contributed by atoms with Gasteiger partial charge >= 0.3 is 0 Å². The van der Waals surface area contributed by atoms with Gasteiger partial charge < -0.3 is 10.6 Å². The number of benzene rings is 1. The number of amides is 1. The van der Waals surface area contributed by atoms with Gasteiger partial charge in [-0.3, -0.25) is 9.36 Å². The number of carbonyl (C=O) groups is 1. The average molecular weight is 271 g/mol. The number of fused-ring (bicyclic) bond motifs is 1. The Morgan fingerprint density at radius 1 is 1.60 bits per heavy atom. The van der Waals surface area contributed by atoms with Gasteiger partial charge in [-0.05, 0) is 26.0 Å². The van der Waals surface area contributed by atoms with Crippen molar-refractivity contribution in [3.05, 3.63) is 23.8 Å². The fourth-order valence-electron chi connectivity index (χ4n) is 2.22. The predicted octanol–water partition coefficient (Wildman–Crippen LogP) is 1.53. The van der Waals surface area contributed by atoms with Gasteiger partial charge in [0.15, 0.2) is 0 Å². The number of nitrogens with zero attached hydrogens (tertiary/aromatic N) is 4. The first-order chi connectivity index (χ1) is 9.51. The number of para-hydroxylation sites is 1. The molecule has 2 N–H and O–H groups in total. The molecule has 1 amide bonds. The maximum Gasteiger partial charge on any atom is 0.245 e. The summed E-state index contributed by atoms with van der Waals surface area (Å²) in [6.45, 7) is 4.32. The Balaban J connectivity index is 2.58. The summed E-state index contributed by atoms with van der Waals surface area (Å²) in [5.41, 5.74) is 7.62. The minimum Gasteiger partial charge on any atom is -0.369 e. The second kappa shape index (κ2) is 5.21. The van der Waals surface area contributed by atoms with Gasteiger partial charge in [0.2, 0.25) is 11.9 Å². The van der Waals surface area contributed by atoms with Crippen molar-refractivity contribution in [2.75, 3.05) is 19.3 Å². The molecule has 0 aliphatic carbocycles. The monoisotopic (exact) mass is 271 g/mol. The quantitative estimate of drug-likeness (QED) is 0.916. The standard InChI is InChI=1S/C14H17N5O/c1-4-18(3)13(20)9(2)19-11-7-5-6-10(8-15)12(11)17-14(19)16/h5-7,9H,4H2,1-3H3,(H2,16,17). The molecule has 1 aromatic carbocycles. The van der Waals surface area contributed by atoms with Gasteiger partial charge in [-0.1, -0.05) is 6.07 Å². The Kier molecular flexibility index (Phi) is 3.61. The molecule has 0 radical (unpaired) electrons. The van der Waals surface area contributed by atoms with Crippen molar-refractivity contribution in [1.29, 1.82) is 5.26 Å². The molecule has 104 valence electrons. The van der Waals surface area contributed by atoms with Crippen LogP contribution in [-0.2, 0) is 4.79 Å². The molecular weight excluding hydrogens is 254 g/mol. The van der Waals surface area contributed by atoms with Gasteiger partial charge in [-0.2, -0.15) is 5.26 Å². The number of likely N-dealkylation sites (N-methyl/N-ethyl adjacent to an activating group) is 1. The first-order valence-corrected chi connectivity index (χ1v) is 6.42. The minimum absolute atomic E-state index is 0.0409. The minimum atomic E-state index is -0.459. The number of nitrogen functional groups attached to an aromatic ring is 1. The molecule has 0 bridgehead atoms. The van der Waals surface area contributed by atoms with Crippen molar-refractivity contribution in [2.24, 2.45) is 0 Å². The molecule has 2 rings (SSSR count). The van der Waals surface area contributed by atoms with E-state index in [4.69, 9.17) is 11.0 Å². The second-order valence-electron chi connectivity index (χ2n) is 4.65. The third-order valence-electron chi connectivity index (χ3n) is 3.46. The number of carbonyl (C=O) groups excluding carboxylic acids is 1. The molecule has 1 atom stereocenters. The second-order valence-corrected chi connectivity index (χ2v) is 4.65. The van der Waals surface area contributed by atoms with E-state index >= 15 is 0 Å². The molecule has 0 saturated carbocycles. The summed E-state index contributed by atoms with van der Waals surface area (Å²) in [7, 11) is 1.74. The topological polar surface area (TPSA) is 87.9 Å². The predicted molar refractivity (Wildman–Crippen MR) is 76.9 cm³/mol. The van der Waals surface area contributed by atoms with E-state index in [0.29, 0.717) is 23.1 Å². The van der Waals surface area contributed by atoms with E-state index in [-0.39, 0.29) is 11.9 Å². The van der Waals surface area contributed by atoms with Crippen LogP contribution in [0.5, 0.6) is 0 Å². The molecular formula is C14H17N5O. The highest BCUT2D eigenvalue weighted by Crippen LogP contribution is 2.25. The zero-order valence-corrected chi connectivity index (χ0v) is 11.8. The number of aromatic nitrogens is 2. The van der Waals surface area contributed by atoms with E-state index < -0.39 is 6.04 Å². The average Bonchev–Trinajstić information content (AvgIpc) is 2.80. The summed E-state index contributed by atoms with van der Waals surface area (Å²) < 4.78 is 1.67. The summed E-state index contributed by atoms with van der Waals surface area (Å²) in [5, 5.41) is 9.09. The van der Waals surface area contributed by atoms with E-state index in [9.17, 15) is 4.79 Å². The highest BCUT2D eigenvalue weighted by atomic mass is 16.2. The van der Waals surface area contributed by atoms with Crippen molar-refractivity contribution in [1.82, 2.24) is 14.5 Å². The van der Waals surface area contributed by atoms with Gasteiger partial charge in [0.05, 0.1) is 11.1 Å². The van der Waals surface area contributed by atoms with Crippen LogP contribution < -0.4 is 5.73 Å². The fraction of sp³-hybridized carbons (Fsp3) is 0.357. The maximum atomic E-state index is 12.3. The smallest absolute Gasteiger partial charge is 0.245 e. The van der Waals surface area contributed by atoms with Crippen molar-refractivity contribution >= 4 is 22.9 Å². The summed E-state index contributed by atoms with van der Waals surface area (Å²) in [5.74, 6) is 0.203. The van der Waals surface area contributed by atoms with E-state index in [1.54, 1.807) is 35.6 Å². The van der Waals surface area contributed by atoms with Gasteiger partial charge in [0.25, 0.3) is 0 Å². The SMILES string of the molecule is CCN(C)C(=O)C(C)n1c(N)nc2c(C#N)cccc21. The van der Waals surface area contributed by atoms with Gasteiger partial charge in [0.1, 0.15) is 17.6 Å². The molecule has 0 aliphatic rings. The van der Waals surface area contributed by atoms with Crippen LogP contribution in [0, 0.1) is 11.3 Å². The number of hydrogen-bond acceptors (Lipinski definition) is 4. The first kappa shape index (κ1) is 13.9. The molecule has 1 unspecified atom stereocenters. The lowest BCUT2D eigenvalue weighted by molar-refractivity contribution is -0.132. The number of hydrogen-bond donors (Lipinski definition) is 1. The molecule has 2 aromatic rings. The molecule has 0 fully saturated rings. The zero-order chi connectivity index (χ0) is 14.9. The number of nitriles is 1. The van der Waals surface area contributed by atoms with E-state index in [1.165, 1.54) is 0 Å². The third kappa shape index (κ3) is 2.07. The highest BCUT2D eigenvalue weighted by molar-refractivity contribution is 5.88. The molecule has 20 heavy (non-hydrogen) atoms. The molecule has 1 aromatic heterocycles. The van der Waals surface area contributed by atoms with Crippen LogP contribution >= 0.6 is 0 Å². The van der Waals surface area contributed by atoms with Crippen LogP contribution in [0.2, 0.25) is 0 Å². The Hall–Kier alpha value is -2.55. The van der Waals surface area contributed by atoms with Crippen LogP contribution in [-0.4, -0.2) is 34.0 Å². The fourth-order valence-corrected chi connectivity index (χ4v) is 2.22. The maximum absolute atomic E-state index is 12.3. The number of imidazole rings is 1. The van der Waals surface area contributed by atoms with E-state index in [2.05, 4.69) is 11.1 Å². The molecule has 6 heteroatoms. The van der Waals surface area contributed by atoms with Crippen molar-refractivity contribution in [2.45, 2.75) is 19.9 Å². The number of nitrogens with two attached hydrogens (primary N) is 1. The van der Waals surface area contributed by atoms with Crippen molar-refractivity contribution < 1.29 is 4.79 Å². The molecule has 0 saturated heterocycles.